The fraction of sp³-hybridized carbons (Fsp3) is 0.250. The molecule has 2 aromatic rings. The number of nitrogens with zero attached hydrogens (tertiary/aromatic N) is 1. The summed E-state index contributed by atoms with van der Waals surface area (Å²) in [7, 11) is -3.62. The molecule has 0 saturated carbocycles. The molecule has 0 aliphatic heterocycles. The zero-order valence-electron chi connectivity index (χ0n) is 10.8. The number of halogens is 2. The van der Waals surface area contributed by atoms with E-state index in [1.165, 1.54) is 0 Å². The molecule has 0 bridgehead atoms. The zero-order valence-corrected chi connectivity index (χ0v) is 14.8. The molecule has 0 spiro atoms. The number of sulfonamides is 1. The largest absolute Gasteiger partial charge is 0.361 e. The Labute approximate surface area is 134 Å². The summed E-state index contributed by atoms with van der Waals surface area (Å²) in [5, 5.41) is 3.79. The Morgan fingerprint density at radius 2 is 2.00 bits per heavy atom. The van der Waals surface area contributed by atoms with Gasteiger partial charge in [-0.1, -0.05) is 21.1 Å². The van der Waals surface area contributed by atoms with E-state index >= 15 is 0 Å². The molecule has 108 valence electrons. The monoisotopic (exact) mass is 422 g/mol. The molecule has 0 aliphatic rings. The van der Waals surface area contributed by atoms with E-state index in [-0.39, 0.29) is 11.4 Å². The van der Waals surface area contributed by atoms with Gasteiger partial charge >= 0.3 is 0 Å². The van der Waals surface area contributed by atoms with Gasteiger partial charge in [-0.15, -0.1) is 0 Å². The molecule has 2 rings (SSSR count). The molecule has 1 aromatic heterocycles. The molecule has 1 heterocycles. The summed E-state index contributed by atoms with van der Waals surface area (Å²) < 4.78 is 33.4. The minimum atomic E-state index is -3.62. The van der Waals surface area contributed by atoms with E-state index in [0.717, 1.165) is 5.56 Å². The Morgan fingerprint density at radius 3 is 2.60 bits per heavy atom. The highest BCUT2D eigenvalue weighted by Gasteiger charge is 2.19. The summed E-state index contributed by atoms with van der Waals surface area (Å²) in [5.41, 5.74) is 1.43. The van der Waals surface area contributed by atoms with Crippen molar-refractivity contribution in [3.05, 3.63) is 44.2 Å². The van der Waals surface area contributed by atoms with Crippen molar-refractivity contribution in [3.8, 4) is 0 Å². The average Bonchev–Trinajstić information content (AvgIpc) is 2.69. The van der Waals surface area contributed by atoms with Crippen molar-refractivity contribution in [2.75, 3.05) is 0 Å². The van der Waals surface area contributed by atoms with Gasteiger partial charge in [0.05, 0.1) is 10.6 Å². The first-order valence-corrected chi connectivity index (χ1v) is 8.74. The molecule has 0 unspecified atom stereocenters. The summed E-state index contributed by atoms with van der Waals surface area (Å²) in [6, 6.07) is 4.98. The summed E-state index contributed by atoms with van der Waals surface area (Å²) >= 11 is 6.51. The lowest BCUT2D eigenvalue weighted by Gasteiger charge is -2.08. The van der Waals surface area contributed by atoms with Crippen molar-refractivity contribution in [1.29, 1.82) is 0 Å². The maximum Gasteiger partial charge on any atom is 0.242 e. The smallest absolute Gasteiger partial charge is 0.242 e. The molecule has 0 atom stereocenters. The maximum atomic E-state index is 12.3. The molecular weight excluding hydrogens is 412 g/mol. The molecule has 5 nitrogen and oxygen atoms in total. The van der Waals surface area contributed by atoms with Gasteiger partial charge in [0.2, 0.25) is 10.0 Å². The second kappa shape index (κ2) is 5.97. The second-order valence-electron chi connectivity index (χ2n) is 4.20. The van der Waals surface area contributed by atoms with E-state index in [1.807, 2.05) is 0 Å². The molecule has 1 N–H and O–H groups in total. The van der Waals surface area contributed by atoms with Gasteiger partial charge in [0.25, 0.3) is 0 Å². The molecule has 0 aliphatic carbocycles. The average molecular weight is 424 g/mol. The minimum absolute atomic E-state index is 0.141. The third-order valence-electron chi connectivity index (χ3n) is 2.80. The van der Waals surface area contributed by atoms with Crippen LogP contribution in [0.15, 0.2) is 36.6 Å². The molecule has 20 heavy (non-hydrogen) atoms. The first-order chi connectivity index (χ1) is 9.31. The number of hydrogen-bond acceptors (Lipinski definition) is 4. The highest BCUT2D eigenvalue weighted by atomic mass is 79.9. The summed E-state index contributed by atoms with van der Waals surface area (Å²) in [6.07, 6.45) is 0. The zero-order chi connectivity index (χ0) is 14.9. The standard InChI is InChI=1S/C12H12Br2N2O3S/c1-7-10(8(2)19-16-7)6-15-20(17,18)12-5-9(13)3-4-11(12)14/h3-5,15H,6H2,1-2H3. The lowest BCUT2D eigenvalue weighted by molar-refractivity contribution is 0.392. The van der Waals surface area contributed by atoms with Gasteiger partial charge in [0, 0.05) is 21.1 Å². The van der Waals surface area contributed by atoms with Crippen LogP contribution in [-0.2, 0) is 16.6 Å². The maximum absolute atomic E-state index is 12.3. The van der Waals surface area contributed by atoms with Gasteiger partial charge < -0.3 is 4.52 Å². The van der Waals surface area contributed by atoms with Gasteiger partial charge in [-0.3, -0.25) is 0 Å². The van der Waals surface area contributed by atoms with Crippen molar-refractivity contribution < 1.29 is 12.9 Å². The van der Waals surface area contributed by atoms with Gasteiger partial charge in [-0.2, -0.15) is 0 Å². The number of rotatable bonds is 4. The predicted octanol–water partition coefficient (Wildman–Crippen LogP) is 3.29. The highest BCUT2D eigenvalue weighted by Crippen LogP contribution is 2.26. The van der Waals surface area contributed by atoms with Crippen molar-refractivity contribution in [1.82, 2.24) is 9.88 Å². The third kappa shape index (κ3) is 3.30. The van der Waals surface area contributed by atoms with Crippen molar-refractivity contribution in [3.63, 3.8) is 0 Å². The summed E-state index contributed by atoms with van der Waals surface area (Å²) in [5.74, 6) is 0.610. The van der Waals surface area contributed by atoms with E-state index in [4.69, 9.17) is 4.52 Å². The minimum Gasteiger partial charge on any atom is -0.361 e. The number of aryl methyl sites for hydroxylation is 2. The Bertz CT molecular complexity index is 722. The fourth-order valence-electron chi connectivity index (χ4n) is 1.68. The molecule has 0 saturated heterocycles. The summed E-state index contributed by atoms with van der Waals surface area (Å²) in [4.78, 5) is 0.179. The van der Waals surface area contributed by atoms with Crippen LogP contribution < -0.4 is 4.72 Å². The van der Waals surface area contributed by atoms with Crippen LogP contribution in [0.5, 0.6) is 0 Å². The van der Waals surface area contributed by atoms with Crippen LogP contribution in [0.3, 0.4) is 0 Å². The van der Waals surface area contributed by atoms with Crippen LogP contribution in [-0.4, -0.2) is 13.6 Å². The second-order valence-corrected chi connectivity index (χ2v) is 7.71. The highest BCUT2D eigenvalue weighted by molar-refractivity contribution is 9.11. The summed E-state index contributed by atoms with van der Waals surface area (Å²) in [6.45, 7) is 3.66. The Morgan fingerprint density at radius 1 is 1.30 bits per heavy atom. The van der Waals surface area contributed by atoms with Crippen molar-refractivity contribution in [2.45, 2.75) is 25.3 Å². The van der Waals surface area contributed by atoms with Crippen LogP contribution in [0, 0.1) is 13.8 Å². The topological polar surface area (TPSA) is 72.2 Å². The van der Waals surface area contributed by atoms with Gasteiger partial charge in [0.1, 0.15) is 5.76 Å². The number of hydrogen-bond donors (Lipinski definition) is 1. The van der Waals surface area contributed by atoms with Crippen molar-refractivity contribution in [2.24, 2.45) is 0 Å². The van der Waals surface area contributed by atoms with Gasteiger partial charge in [0.15, 0.2) is 0 Å². The first kappa shape index (κ1) is 15.7. The molecule has 8 heteroatoms. The molecule has 1 aromatic carbocycles. The van der Waals surface area contributed by atoms with Crippen LogP contribution >= 0.6 is 31.9 Å². The molecule has 0 radical (unpaired) electrons. The molecular formula is C12H12Br2N2O3S. The normalized spacial score (nSPS) is 11.8. The number of aromatic nitrogens is 1. The fourth-order valence-corrected chi connectivity index (χ4v) is 4.18. The molecule has 0 amide bonds. The van der Waals surface area contributed by atoms with E-state index in [2.05, 4.69) is 41.7 Å². The number of nitrogens with one attached hydrogen (secondary N) is 1. The quantitative estimate of drug-likeness (QED) is 0.818. The van der Waals surface area contributed by atoms with E-state index in [0.29, 0.717) is 20.4 Å². The Hall–Kier alpha value is -0.700. The van der Waals surface area contributed by atoms with E-state index in [9.17, 15) is 8.42 Å². The van der Waals surface area contributed by atoms with Crippen molar-refractivity contribution >= 4 is 41.9 Å². The predicted molar refractivity (Wildman–Crippen MR) is 81.8 cm³/mol. The van der Waals surface area contributed by atoms with Crippen LogP contribution in [0.4, 0.5) is 0 Å². The molecule has 0 fully saturated rings. The van der Waals surface area contributed by atoms with Crippen LogP contribution in [0.1, 0.15) is 17.0 Å². The lowest BCUT2D eigenvalue weighted by Crippen LogP contribution is -2.24. The SMILES string of the molecule is Cc1noc(C)c1CNS(=O)(=O)c1cc(Br)ccc1Br. The van der Waals surface area contributed by atoms with Gasteiger partial charge in [-0.25, -0.2) is 13.1 Å². The lowest BCUT2D eigenvalue weighted by atomic mass is 10.2. The Kier molecular flexibility index (Phi) is 4.68. The van der Waals surface area contributed by atoms with Crippen LogP contribution in [0.2, 0.25) is 0 Å². The third-order valence-corrected chi connectivity index (χ3v) is 5.69. The Balaban J connectivity index is 2.26. The van der Waals surface area contributed by atoms with E-state index < -0.39 is 10.0 Å². The number of benzene rings is 1. The first-order valence-electron chi connectivity index (χ1n) is 5.67. The van der Waals surface area contributed by atoms with Gasteiger partial charge in [-0.05, 0) is 48.0 Å². The van der Waals surface area contributed by atoms with Crippen LogP contribution in [0.25, 0.3) is 0 Å². The van der Waals surface area contributed by atoms with E-state index in [1.54, 1.807) is 32.0 Å².